The number of nitrogens with two attached hydrogens (primary N) is 1. The predicted octanol–water partition coefficient (Wildman–Crippen LogP) is -0.0345. The molecule has 0 heterocycles. The summed E-state index contributed by atoms with van der Waals surface area (Å²) in [7, 11) is 0. The summed E-state index contributed by atoms with van der Waals surface area (Å²) in [5, 5.41) is 14.1. The van der Waals surface area contributed by atoms with E-state index in [-0.39, 0.29) is 12.5 Å². The highest BCUT2D eigenvalue weighted by atomic mass is 16.3. The monoisotopic (exact) mass is 251 g/mol. The van der Waals surface area contributed by atoms with Gasteiger partial charge in [-0.1, -0.05) is 12.1 Å². The molecule has 6 nitrogen and oxygen atoms in total. The normalized spacial score (nSPS) is 11.7. The van der Waals surface area contributed by atoms with E-state index in [0.29, 0.717) is 12.1 Å². The van der Waals surface area contributed by atoms with E-state index in [9.17, 15) is 9.59 Å². The van der Waals surface area contributed by atoms with Crippen LogP contribution in [0.4, 0.5) is 4.79 Å². The lowest BCUT2D eigenvalue weighted by molar-refractivity contribution is 0.0924. The number of carbonyl (C=O) groups excluding carboxylic acids is 2. The molecule has 0 radical (unpaired) electrons. The van der Waals surface area contributed by atoms with E-state index >= 15 is 0 Å². The molecule has 0 aliphatic heterocycles. The zero-order valence-electron chi connectivity index (χ0n) is 10.1. The van der Waals surface area contributed by atoms with Crippen LogP contribution >= 0.6 is 0 Å². The van der Waals surface area contributed by atoms with Crippen molar-refractivity contribution in [3.05, 3.63) is 35.4 Å². The predicted molar refractivity (Wildman–Crippen MR) is 66.9 cm³/mol. The van der Waals surface area contributed by atoms with Crippen LogP contribution in [-0.4, -0.2) is 29.7 Å². The first-order chi connectivity index (χ1) is 8.49. The highest BCUT2D eigenvalue weighted by Crippen LogP contribution is 2.04. The summed E-state index contributed by atoms with van der Waals surface area (Å²) in [6.07, 6.45) is -0.576. The van der Waals surface area contributed by atoms with Gasteiger partial charge in [-0.05, 0) is 24.6 Å². The van der Waals surface area contributed by atoms with E-state index in [4.69, 9.17) is 10.8 Å². The van der Waals surface area contributed by atoms with Gasteiger partial charge in [0.2, 0.25) is 0 Å². The molecule has 0 saturated heterocycles. The molecule has 0 unspecified atom stereocenters. The van der Waals surface area contributed by atoms with Gasteiger partial charge in [0.1, 0.15) is 0 Å². The number of hydrogen-bond acceptors (Lipinski definition) is 3. The third-order valence-corrected chi connectivity index (χ3v) is 2.24. The Morgan fingerprint density at radius 3 is 2.39 bits per heavy atom. The number of amides is 3. The molecule has 0 aliphatic carbocycles. The van der Waals surface area contributed by atoms with Crippen molar-refractivity contribution in [2.75, 3.05) is 6.54 Å². The lowest BCUT2D eigenvalue weighted by Gasteiger charge is -2.08. The number of urea groups is 1. The number of benzene rings is 1. The number of nitrogens with one attached hydrogen (secondary N) is 2. The third kappa shape index (κ3) is 4.84. The Balaban J connectivity index is 2.53. The quantitative estimate of drug-likeness (QED) is 0.590. The van der Waals surface area contributed by atoms with Gasteiger partial charge in [-0.2, -0.15) is 0 Å². The number of hydrogen-bond donors (Lipinski definition) is 4. The van der Waals surface area contributed by atoms with Crippen molar-refractivity contribution in [2.24, 2.45) is 5.73 Å². The second-order valence-corrected chi connectivity index (χ2v) is 3.97. The summed E-state index contributed by atoms with van der Waals surface area (Å²) in [6, 6.07) is 6.17. The summed E-state index contributed by atoms with van der Waals surface area (Å²) in [6.45, 7) is 2.13. The van der Waals surface area contributed by atoms with Gasteiger partial charge in [0, 0.05) is 18.7 Å². The summed E-state index contributed by atoms with van der Waals surface area (Å²) in [4.78, 5) is 22.1. The van der Waals surface area contributed by atoms with Gasteiger partial charge in [-0.25, -0.2) is 4.79 Å². The Bertz CT molecular complexity index is 415. The molecule has 1 rings (SSSR count). The third-order valence-electron chi connectivity index (χ3n) is 2.24. The number of carbonyl (C=O) groups is 2. The zero-order valence-corrected chi connectivity index (χ0v) is 10.1. The van der Waals surface area contributed by atoms with Gasteiger partial charge < -0.3 is 21.5 Å². The number of primary amides is 1. The standard InChI is InChI=1S/C12H17N3O3/c1-8(16)6-14-11(17)10-4-2-9(3-5-10)7-15-12(13)18/h2-5,8,16H,6-7H2,1H3,(H,14,17)(H3,13,15,18)/t8-/m1/s1. The van der Waals surface area contributed by atoms with E-state index < -0.39 is 12.1 Å². The van der Waals surface area contributed by atoms with E-state index in [0.717, 1.165) is 5.56 Å². The van der Waals surface area contributed by atoms with Crippen LogP contribution in [-0.2, 0) is 6.54 Å². The lowest BCUT2D eigenvalue weighted by Crippen LogP contribution is -2.30. The van der Waals surface area contributed by atoms with Gasteiger partial charge in [0.05, 0.1) is 6.10 Å². The summed E-state index contributed by atoms with van der Waals surface area (Å²) in [5.41, 5.74) is 6.30. The average molecular weight is 251 g/mol. The smallest absolute Gasteiger partial charge is 0.312 e. The van der Waals surface area contributed by atoms with Crippen LogP contribution in [0.1, 0.15) is 22.8 Å². The molecular weight excluding hydrogens is 234 g/mol. The van der Waals surface area contributed by atoms with Gasteiger partial charge in [0.25, 0.3) is 5.91 Å². The highest BCUT2D eigenvalue weighted by Gasteiger charge is 2.06. The molecule has 98 valence electrons. The Labute approximate surface area is 105 Å². The molecule has 1 aromatic rings. The van der Waals surface area contributed by atoms with E-state index in [2.05, 4.69) is 10.6 Å². The van der Waals surface area contributed by atoms with Crippen LogP contribution in [0.3, 0.4) is 0 Å². The molecule has 6 heteroatoms. The Morgan fingerprint density at radius 1 is 1.28 bits per heavy atom. The molecule has 0 bridgehead atoms. The van der Waals surface area contributed by atoms with E-state index in [1.54, 1.807) is 31.2 Å². The van der Waals surface area contributed by atoms with Crippen LogP contribution in [0.15, 0.2) is 24.3 Å². The summed E-state index contributed by atoms with van der Waals surface area (Å²) >= 11 is 0. The first-order valence-electron chi connectivity index (χ1n) is 5.57. The molecule has 0 fully saturated rings. The first-order valence-corrected chi connectivity index (χ1v) is 5.57. The van der Waals surface area contributed by atoms with Crippen LogP contribution in [0.5, 0.6) is 0 Å². The number of rotatable bonds is 5. The molecule has 0 aromatic heterocycles. The van der Waals surface area contributed by atoms with E-state index in [1.165, 1.54) is 0 Å². The SMILES string of the molecule is C[C@@H](O)CNC(=O)c1ccc(CNC(N)=O)cc1. The Kier molecular flexibility index (Phi) is 5.13. The molecule has 18 heavy (non-hydrogen) atoms. The maximum absolute atomic E-state index is 11.6. The van der Waals surface area contributed by atoms with Crippen LogP contribution in [0.25, 0.3) is 0 Å². The fourth-order valence-corrected chi connectivity index (χ4v) is 1.31. The van der Waals surface area contributed by atoms with Crippen LogP contribution < -0.4 is 16.4 Å². The zero-order chi connectivity index (χ0) is 13.5. The van der Waals surface area contributed by atoms with Crippen molar-refractivity contribution < 1.29 is 14.7 Å². The van der Waals surface area contributed by atoms with Crippen molar-refractivity contribution in [1.82, 2.24) is 10.6 Å². The molecular formula is C12H17N3O3. The molecule has 1 atom stereocenters. The van der Waals surface area contributed by atoms with Crippen molar-refractivity contribution in [3.63, 3.8) is 0 Å². The largest absolute Gasteiger partial charge is 0.392 e. The number of aliphatic hydroxyl groups excluding tert-OH is 1. The lowest BCUT2D eigenvalue weighted by atomic mass is 10.1. The fourth-order valence-electron chi connectivity index (χ4n) is 1.31. The average Bonchev–Trinajstić information content (AvgIpc) is 2.34. The van der Waals surface area contributed by atoms with E-state index in [1.807, 2.05) is 0 Å². The van der Waals surface area contributed by atoms with Crippen molar-refractivity contribution in [1.29, 1.82) is 0 Å². The van der Waals surface area contributed by atoms with Crippen LogP contribution in [0.2, 0.25) is 0 Å². The van der Waals surface area contributed by atoms with Gasteiger partial charge >= 0.3 is 6.03 Å². The Morgan fingerprint density at radius 2 is 1.89 bits per heavy atom. The minimum atomic E-state index is -0.589. The topological polar surface area (TPSA) is 104 Å². The molecule has 1 aromatic carbocycles. The minimum Gasteiger partial charge on any atom is -0.392 e. The second kappa shape index (κ2) is 6.61. The van der Waals surface area contributed by atoms with Crippen molar-refractivity contribution >= 4 is 11.9 Å². The van der Waals surface area contributed by atoms with Crippen LogP contribution in [0, 0.1) is 0 Å². The summed E-state index contributed by atoms with van der Waals surface area (Å²) < 4.78 is 0. The summed E-state index contributed by atoms with van der Waals surface area (Å²) in [5.74, 6) is -0.245. The minimum absolute atomic E-state index is 0.212. The fraction of sp³-hybridized carbons (Fsp3) is 0.333. The maximum Gasteiger partial charge on any atom is 0.312 e. The second-order valence-electron chi connectivity index (χ2n) is 3.97. The Hall–Kier alpha value is -2.08. The molecule has 0 saturated carbocycles. The number of aliphatic hydroxyl groups is 1. The highest BCUT2D eigenvalue weighted by molar-refractivity contribution is 5.94. The van der Waals surface area contributed by atoms with Crippen molar-refractivity contribution in [2.45, 2.75) is 19.6 Å². The molecule has 5 N–H and O–H groups in total. The van der Waals surface area contributed by atoms with Gasteiger partial charge in [-0.3, -0.25) is 4.79 Å². The first kappa shape index (κ1) is 14.0. The molecule has 0 aliphatic rings. The maximum atomic E-state index is 11.6. The van der Waals surface area contributed by atoms with Gasteiger partial charge in [-0.15, -0.1) is 0 Å². The molecule has 3 amide bonds. The van der Waals surface area contributed by atoms with Gasteiger partial charge in [0.15, 0.2) is 0 Å². The van der Waals surface area contributed by atoms with Crippen molar-refractivity contribution in [3.8, 4) is 0 Å². The molecule has 0 spiro atoms.